The van der Waals surface area contributed by atoms with Gasteiger partial charge in [0.05, 0.1) is 11.6 Å². The van der Waals surface area contributed by atoms with Gasteiger partial charge in [0.1, 0.15) is 11.6 Å². The Kier molecular flexibility index (Phi) is 5.46. The summed E-state index contributed by atoms with van der Waals surface area (Å²) in [6, 6.07) is 15.1. The zero-order valence-corrected chi connectivity index (χ0v) is 17.2. The van der Waals surface area contributed by atoms with Gasteiger partial charge in [-0.15, -0.1) is 0 Å². The topological polar surface area (TPSA) is 70.5 Å². The molecule has 5 nitrogen and oxygen atoms in total. The number of pyridine rings is 1. The molecule has 0 bridgehead atoms. The lowest BCUT2D eigenvalue weighted by atomic mass is 9.95. The molecule has 150 valence electrons. The monoisotopic (exact) mass is 466 g/mol. The van der Waals surface area contributed by atoms with E-state index in [1.807, 2.05) is 6.07 Å². The number of carbonyl (C=O) groups excluding carboxylic acids is 2. The van der Waals surface area contributed by atoms with E-state index in [1.165, 1.54) is 29.2 Å². The van der Waals surface area contributed by atoms with Crippen LogP contribution in [0.2, 0.25) is 0 Å². The Morgan fingerprint density at radius 2 is 1.77 bits per heavy atom. The van der Waals surface area contributed by atoms with Gasteiger partial charge in [0, 0.05) is 29.0 Å². The number of carbonyl (C=O) groups is 2. The first kappa shape index (κ1) is 20.0. The molecule has 1 aliphatic rings. The van der Waals surface area contributed by atoms with Crippen LogP contribution in [0.3, 0.4) is 0 Å². The highest BCUT2D eigenvalue weighted by atomic mass is 79.9. The number of amides is 1. The number of ketones is 1. The second kappa shape index (κ2) is 8.20. The molecule has 30 heavy (non-hydrogen) atoms. The highest BCUT2D eigenvalue weighted by Crippen LogP contribution is 2.40. The minimum absolute atomic E-state index is 0.0298. The van der Waals surface area contributed by atoms with E-state index < -0.39 is 23.5 Å². The number of Topliss-reactive ketones (excluding diaryl/α,β-unsaturated/α-hetero) is 1. The van der Waals surface area contributed by atoms with Gasteiger partial charge in [-0.05, 0) is 53.6 Å². The van der Waals surface area contributed by atoms with Crippen LogP contribution in [0.15, 0.2) is 83.1 Å². The van der Waals surface area contributed by atoms with Gasteiger partial charge in [0.25, 0.3) is 11.7 Å². The molecule has 0 spiro atoms. The average molecular weight is 467 g/mol. The number of nitrogens with zero attached hydrogens (tertiary/aromatic N) is 2. The predicted molar refractivity (Wildman–Crippen MR) is 113 cm³/mol. The van der Waals surface area contributed by atoms with Gasteiger partial charge in [0.2, 0.25) is 0 Å². The number of benzene rings is 2. The van der Waals surface area contributed by atoms with Crippen LogP contribution in [0, 0.1) is 5.82 Å². The Morgan fingerprint density at radius 3 is 2.40 bits per heavy atom. The molecule has 2 aromatic carbocycles. The standard InChI is InChI=1S/C23H16BrFN2O3/c24-17-7-3-15(4-8-17)20-19(21(28)16-5-9-18(25)10-6-16)22(29)23(30)27(20)13-14-2-1-11-26-12-14/h1-12,20,28H,13H2/t20-/m1/s1. The molecule has 1 atom stereocenters. The molecule has 7 heteroatoms. The van der Waals surface area contributed by atoms with Crippen molar-refractivity contribution in [2.75, 3.05) is 0 Å². The summed E-state index contributed by atoms with van der Waals surface area (Å²) in [5.41, 5.74) is 1.66. The minimum Gasteiger partial charge on any atom is -0.507 e. The number of aromatic nitrogens is 1. The molecule has 1 N–H and O–H groups in total. The van der Waals surface area contributed by atoms with Gasteiger partial charge in [-0.1, -0.05) is 34.1 Å². The number of hydrogen-bond donors (Lipinski definition) is 1. The van der Waals surface area contributed by atoms with Crippen LogP contribution in [0.5, 0.6) is 0 Å². The molecule has 1 amide bonds. The average Bonchev–Trinajstić information content (AvgIpc) is 3.00. The van der Waals surface area contributed by atoms with Crippen molar-refractivity contribution in [3.63, 3.8) is 0 Å². The zero-order valence-electron chi connectivity index (χ0n) is 15.6. The number of likely N-dealkylation sites (tertiary alicyclic amines) is 1. The Labute approximate surface area is 180 Å². The van der Waals surface area contributed by atoms with E-state index in [4.69, 9.17) is 0 Å². The molecule has 0 radical (unpaired) electrons. The fourth-order valence-corrected chi connectivity index (χ4v) is 3.75. The third kappa shape index (κ3) is 3.76. The van der Waals surface area contributed by atoms with E-state index in [0.29, 0.717) is 5.56 Å². The van der Waals surface area contributed by atoms with Crippen molar-refractivity contribution in [1.82, 2.24) is 9.88 Å². The van der Waals surface area contributed by atoms with Crippen LogP contribution in [-0.4, -0.2) is 26.7 Å². The Hall–Kier alpha value is -3.32. The largest absolute Gasteiger partial charge is 0.507 e. The molecule has 3 aromatic rings. The van der Waals surface area contributed by atoms with Crippen molar-refractivity contribution < 1.29 is 19.1 Å². The molecule has 0 aliphatic carbocycles. The lowest BCUT2D eigenvalue weighted by molar-refractivity contribution is -0.140. The van der Waals surface area contributed by atoms with Gasteiger partial charge in [-0.25, -0.2) is 4.39 Å². The number of hydrogen-bond acceptors (Lipinski definition) is 4. The fourth-order valence-electron chi connectivity index (χ4n) is 3.49. The summed E-state index contributed by atoms with van der Waals surface area (Å²) in [4.78, 5) is 31.3. The number of aliphatic hydroxyl groups is 1. The molecule has 0 unspecified atom stereocenters. The molecule has 0 saturated carbocycles. The van der Waals surface area contributed by atoms with E-state index >= 15 is 0 Å². The molecule has 1 saturated heterocycles. The third-order valence-electron chi connectivity index (χ3n) is 4.92. The Balaban J connectivity index is 1.85. The summed E-state index contributed by atoms with van der Waals surface area (Å²) in [7, 11) is 0. The lowest BCUT2D eigenvalue weighted by Crippen LogP contribution is -2.29. The second-order valence-electron chi connectivity index (χ2n) is 6.85. The van der Waals surface area contributed by atoms with Gasteiger partial charge in [-0.2, -0.15) is 0 Å². The summed E-state index contributed by atoms with van der Waals surface area (Å²) in [6.07, 6.45) is 3.25. The van der Waals surface area contributed by atoms with E-state index in [1.54, 1.807) is 42.7 Å². The summed E-state index contributed by atoms with van der Waals surface area (Å²) in [5.74, 6) is -2.30. The smallest absolute Gasteiger partial charge is 0.295 e. The maximum atomic E-state index is 13.3. The van der Waals surface area contributed by atoms with Crippen molar-refractivity contribution in [1.29, 1.82) is 0 Å². The van der Waals surface area contributed by atoms with Crippen molar-refractivity contribution in [2.24, 2.45) is 0 Å². The zero-order chi connectivity index (χ0) is 21.3. The summed E-state index contributed by atoms with van der Waals surface area (Å²) in [6.45, 7) is 0.152. The predicted octanol–water partition coefficient (Wildman–Crippen LogP) is 4.61. The molecular weight excluding hydrogens is 451 g/mol. The van der Waals surface area contributed by atoms with Gasteiger partial charge in [0.15, 0.2) is 0 Å². The van der Waals surface area contributed by atoms with Crippen molar-refractivity contribution in [2.45, 2.75) is 12.6 Å². The number of halogens is 2. The SMILES string of the molecule is O=C1C(=O)N(Cc2cccnc2)[C@H](c2ccc(Br)cc2)C1=C(O)c1ccc(F)cc1. The quantitative estimate of drug-likeness (QED) is 0.346. The fraction of sp³-hybridized carbons (Fsp3) is 0.0870. The van der Waals surface area contributed by atoms with Gasteiger partial charge < -0.3 is 10.0 Å². The van der Waals surface area contributed by atoms with Gasteiger partial charge in [-0.3, -0.25) is 14.6 Å². The number of rotatable bonds is 4. The maximum Gasteiger partial charge on any atom is 0.295 e. The Morgan fingerprint density at radius 1 is 1.07 bits per heavy atom. The normalized spacial score (nSPS) is 18.1. The van der Waals surface area contributed by atoms with Crippen LogP contribution in [0.4, 0.5) is 4.39 Å². The summed E-state index contributed by atoms with van der Waals surface area (Å²) >= 11 is 3.38. The van der Waals surface area contributed by atoms with Crippen molar-refractivity contribution >= 4 is 33.4 Å². The van der Waals surface area contributed by atoms with Crippen LogP contribution in [0.1, 0.15) is 22.7 Å². The van der Waals surface area contributed by atoms with E-state index in [2.05, 4.69) is 20.9 Å². The van der Waals surface area contributed by atoms with Crippen molar-refractivity contribution in [3.8, 4) is 0 Å². The highest BCUT2D eigenvalue weighted by molar-refractivity contribution is 9.10. The molecule has 4 rings (SSSR count). The molecule has 1 fully saturated rings. The summed E-state index contributed by atoms with van der Waals surface area (Å²) in [5, 5.41) is 10.9. The third-order valence-corrected chi connectivity index (χ3v) is 5.45. The van der Waals surface area contributed by atoms with Gasteiger partial charge >= 0.3 is 0 Å². The first-order chi connectivity index (χ1) is 14.5. The minimum atomic E-state index is -0.789. The first-order valence-electron chi connectivity index (χ1n) is 9.14. The number of aliphatic hydroxyl groups excluding tert-OH is 1. The van der Waals surface area contributed by atoms with Crippen LogP contribution >= 0.6 is 15.9 Å². The molecular formula is C23H16BrFN2O3. The van der Waals surface area contributed by atoms with Crippen LogP contribution in [-0.2, 0) is 16.1 Å². The van der Waals surface area contributed by atoms with Crippen LogP contribution in [0.25, 0.3) is 5.76 Å². The van der Waals surface area contributed by atoms with E-state index in [9.17, 15) is 19.1 Å². The van der Waals surface area contributed by atoms with E-state index in [-0.39, 0.29) is 23.4 Å². The van der Waals surface area contributed by atoms with Crippen LogP contribution < -0.4 is 0 Å². The Bertz CT molecular complexity index is 1130. The lowest BCUT2D eigenvalue weighted by Gasteiger charge is -2.25. The maximum absolute atomic E-state index is 13.3. The highest BCUT2D eigenvalue weighted by Gasteiger charge is 2.46. The molecule has 1 aromatic heterocycles. The van der Waals surface area contributed by atoms with E-state index in [0.717, 1.165) is 10.0 Å². The first-order valence-corrected chi connectivity index (χ1v) is 9.93. The van der Waals surface area contributed by atoms with Crippen molar-refractivity contribution in [3.05, 3.63) is 106 Å². The summed E-state index contributed by atoms with van der Waals surface area (Å²) < 4.78 is 14.2. The second-order valence-corrected chi connectivity index (χ2v) is 7.76. The molecule has 1 aliphatic heterocycles. The molecule has 2 heterocycles.